The minimum Gasteiger partial charge on any atom is -0.361 e. The largest absolute Gasteiger partial charge is 0.361 e. The van der Waals surface area contributed by atoms with Crippen molar-refractivity contribution < 1.29 is 0 Å². The van der Waals surface area contributed by atoms with E-state index in [1.807, 2.05) is 37.0 Å². The SMILES string of the molecule is CC[C@@H](Nc1nc(-c2cccnc2)nc2c1cnn2C)c1ccnn1C. The van der Waals surface area contributed by atoms with Gasteiger partial charge in [0.05, 0.1) is 23.3 Å². The van der Waals surface area contributed by atoms with Gasteiger partial charge in [0.15, 0.2) is 11.5 Å². The zero-order valence-electron chi connectivity index (χ0n) is 15.0. The van der Waals surface area contributed by atoms with E-state index >= 15 is 0 Å². The molecule has 0 aromatic carbocycles. The van der Waals surface area contributed by atoms with Crippen molar-refractivity contribution >= 4 is 16.9 Å². The third-order valence-corrected chi connectivity index (χ3v) is 4.45. The first-order valence-electron chi connectivity index (χ1n) is 8.52. The topological polar surface area (TPSA) is 86.3 Å². The summed E-state index contributed by atoms with van der Waals surface area (Å²) in [6.07, 6.45) is 8.00. The molecule has 0 aliphatic carbocycles. The second-order valence-corrected chi connectivity index (χ2v) is 6.13. The van der Waals surface area contributed by atoms with Gasteiger partial charge in [0.1, 0.15) is 5.82 Å². The van der Waals surface area contributed by atoms with Crippen LogP contribution in [-0.2, 0) is 14.1 Å². The van der Waals surface area contributed by atoms with Crippen LogP contribution in [0.2, 0.25) is 0 Å². The predicted molar refractivity (Wildman–Crippen MR) is 99.4 cm³/mol. The maximum Gasteiger partial charge on any atom is 0.165 e. The van der Waals surface area contributed by atoms with Crippen LogP contribution in [0.4, 0.5) is 5.82 Å². The minimum absolute atomic E-state index is 0.0857. The highest BCUT2D eigenvalue weighted by Crippen LogP contribution is 2.28. The first-order valence-corrected chi connectivity index (χ1v) is 8.52. The molecule has 0 spiro atoms. The number of nitrogens with one attached hydrogen (secondary N) is 1. The van der Waals surface area contributed by atoms with Crippen molar-refractivity contribution in [3.8, 4) is 11.4 Å². The highest BCUT2D eigenvalue weighted by atomic mass is 15.3. The van der Waals surface area contributed by atoms with Crippen LogP contribution >= 0.6 is 0 Å². The fourth-order valence-electron chi connectivity index (χ4n) is 3.03. The van der Waals surface area contributed by atoms with Gasteiger partial charge in [-0.05, 0) is 24.6 Å². The van der Waals surface area contributed by atoms with Crippen LogP contribution in [0, 0.1) is 0 Å². The Morgan fingerprint density at radius 1 is 1.04 bits per heavy atom. The number of aromatic nitrogens is 7. The number of pyridine rings is 1. The zero-order chi connectivity index (χ0) is 18.1. The Morgan fingerprint density at radius 3 is 2.62 bits per heavy atom. The van der Waals surface area contributed by atoms with E-state index in [9.17, 15) is 0 Å². The molecule has 8 nitrogen and oxygen atoms in total. The van der Waals surface area contributed by atoms with E-state index in [1.54, 1.807) is 29.5 Å². The first-order chi connectivity index (χ1) is 12.7. The molecule has 4 aromatic rings. The van der Waals surface area contributed by atoms with Crippen molar-refractivity contribution in [2.45, 2.75) is 19.4 Å². The molecule has 0 fully saturated rings. The molecule has 1 N–H and O–H groups in total. The molecule has 0 aliphatic rings. The molecule has 26 heavy (non-hydrogen) atoms. The molecule has 4 heterocycles. The van der Waals surface area contributed by atoms with Crippen molar-refractivity contribution in [2.24, 2.45) is 14.1 Å². The van der Waals surface area contributed by atoms with Crippen molar-refractivity contribution in [3.05, 3.63) is 48.7 Å². The predicted octanol–water partition coefficient (Wildman–Crippen LogP) is 2.72. The molecule has 4 rings (SSSR count). The summed E-state index contributed by atoms with van der Waals surface area (Å²) in [5.41, 5.74) is 2.75. The van der Waals surface area contributed by atoms with Gasteiger partial charge in [-0.3, -0.25) is 14.3 Å². The monoisotopic (exact) mass is 348 g/mol. The second-order valence-electron chi connectivity index (χ2n) is 6.13. The molecule has 0 saturated carbocycles. The number of nitrogens with zero attached hydrogens (tertiary/aromatic N) is 7. The molecule has 0 bridgehead atoms. The van der Waals surface area contributed by atoms with E-state index in [-0.39, 0.29) is 6.04 Å². The van der Waals surface area contributed by atoms with Crippen molar-refractivity contribution in [3.63, 3.8) is 0 Å². The van der Waals surface area contributed by atoms with Crippen LogP contribution < -0.4 is 5.32 Å². The number of anilines is 1. The molecule has 0 aliphatic heterocycles. The van der Waals surface area contributed by atoms with Gasteiger partial charge in [-0.1, -0.05) is 6.92 Å². The molecular weight excluding hydrogens is 328 g/mol. The van der Waals surface area contributed by atoms with Crippen LogP contribution in [0.5, 0.6) is 0 Å². The number of hydrogen-bond donors (Lipinski definition) is 1. The second kappa shape index (κ2) is 6.55. The van der Waals surface area contributed by atoms with Gasteiger partial charge in [-0.15, -0.1) is 0 Å². The number of fused-ring (bicyclic) bond motifs is 1. The molecule has 0 amide bonds. The fourth-order valence-corrected chi connectivity index (χ4v) is 3.03. The highest BCUT2D eigenvalue weighted by Gasteiger charge is 2.18. The standard InChI is InChI=1S/C18H20N8/c1-4-14(15-7-9-20-25(15)2)22-17-13-11-21-26(3)18(13)24-16(23-17)12-6-5-8-19-10-12/h5-11,14H,4H2,1-3H3,(H,22,23,24)/t14-/m1/s1. The lowest BCUT2D eigenvalue weighted by Crippen LogP contribution is -2.15. The Balaban J connectivity index is 1.82. The summed E-state index contributed by atoms with van der Waals surface area (Å²) in [7, 11) is 3.82. The summed E-state index contributed by atoms with van der Waals surface area (Å²) in [5, 5.41) is 13.1. The Kier molecular flexibility index (Phi) is 4.08. The maximum atomic E-state index is 4.77. The number of hydrogen-bond acceptors (Lipinski definition) is 6. The van der Waals surface area contributed by atoms with Gasteiger partial charge in [0.2, 0.25) is 0 Å². The number of rotatable bonds is 5. The lowest BCUT2D eigenvalue weighted by atomic mass is 10.1. The summed E-state index contributed by atoms with van der Waals surface area (Å²) >= 11 is 0. The summed E-state index contributed by atoms with van der Waals surface area (Å²) in [6, 6.07) is 5.93. The van der Waals surface area contributed by atoms with Crippen LogP contribution in [0.15, 0.2) is 43.0 Å². The van der Waals surface area contributed by atoms with Crippen molar-refractivity contribution in [1.82, 2.24) is 34.5 Å². The van der Waals surface area contributed by atoms with Gasteiger partial charge >= 0.3 is 0 Å². The molecule has 0 unspecified atom stereocenters. The van der Waals surface area contributed by atoms with Crippen molar-refractivity contribution in [1.29, 1.82) is 0 Å². The normalized spacial score (nSPS) is 12.4. The van der Waals surface area contributed by atoms with Crippen LogP contribution in [0.1, 0.15) is 25.1 Å². The minimum atomic E-state index is 0.0857. The molecular formula is C18H20N8. The Morgan fingerprint density at radius 2 is 1.92 bits per heavy atom. The van der Waals surface area contributed by atoms with Crippen LogP contribution in [0.25, 0.3) is 22.4 Å². The summed E-state index contributed by atoms with van der Waals surface area (Å²) in [6.45, 7) is 2.13. The Bertz CT molecular complexity index is 1030. The molecule has 8 heteroatoms. The average Bonchev–Trinajstić information content (AvgIpc) is 3.26. The van der Waals surface area contributed by atoms with Gasteiger partial charge in [0, 0.05) is 38.2 Å². The number of aryl methyl sites for hydroxylation is 2. The van der Waals surface area contributed by atoms with Gasteiger partial charge in [-0.25, -0.2) is 9.97 Å². The smallest absolute Gasteiger partial charge is 0.165 e. The van der Waals surface area contributed by atoms with E-state index in [4.69, 9.17) is 4.98 Å². The highest BCUT2D eigenvalue weighted by molar-refractivity contribution is 5.88. The van der Waals surface area contributed by atoms with Crippen molar-refractivity contribution in [2.75, 3.05) is 5.32 Å². The third kappa shape index (κ3) is 2.79. The third-order valence-electron chi connectivity index (χ3n) is 4.45. The molecule has 132 valence electrons. The Labute approximate surface area is 150 Å². The summed E-state index contributed by atoms with van der Waals surface area (Å²) < 4.78 is 3.64. The van der Waals surface area contributed by atoms with Crippen LogP contribution in [0.3, 0.4) is 0 Å². The fraction of sp³-hybridized carbons (Fsp3) is 0.278. The van der Waals surface area contributed by atoms with Gasteiger partial charge in [-0.2, -0.15) is 10.2 Å². The van der Waals surface area contributed by atoms with Gasteiger partial charge in [0.25, 0.3) is 0 Å². The quantitative estimate of drug-likeness (QED) is 0.597. The maximum absolute atomic E-state index is 4.77. The van der Waals surface area contributed by atoms with E-state index < -0.39 is 0 Å². The van der Waals surface area contributed by atoms with E-state index in [0.717, 1.165) is 34.5 Å². The lowest BCUT2D eigenvalue weighted by Gasteiger charge is -2.19. The van der Waals surface area contributed by atoms with Gasteiger partial charge < -0.3 is 5.32 Å². The molecule has 0 radical (unpaired) electrons. The van der Waals surface area contributed by atoms with Crippen LogP contribution in [-0.4, -0.2) is 34.5 Å². The summed E-state index contributed by atoms with van der Waals surface area (Å²) in [4.78, 5) is 13.6. The molecule has 4 aromatic heterocycles. The Hall–Kier alpha value is -3.29. The molecule has 1 atom stereocenters. The molecule has 0 saturated heterocycles. The van der Waals surface area contributed by atoms with E-state index in [2.05, 4.69) is 32.4 Å². The summed E-state index contributed by atoms with van der Waals surface area (Å²) in [5.74, 6) is 1.38. The van der Waals surface area contributed by atoms with E-state index in [1.165, 1.54) is 0 Å². The lowest BCUT2D eigenvalue weighted by molar-refractivity contribution is 0.632. The zero-order valence-corrected chi connectivity index (χ0v) is 15.0. The van der Waals surface area contributed by atoms with E-state index in [0.29, 0.717) is 5.82 Å². The first kappa shape index (κ1) is 16.2. The average molecular weight is 348 g/mol.